The minimum atomic E-state index is 0.118. The zero-order valence-corrected chi connectivity index (χ0v) is 12.6. The van der Waals surface area contributed by atoms with Crippen LogP contribution in [-0.4, -0.2) is 5.78 Å². The molecule has 2 rings (SSSR count). The Morgan fingerprint density at radius 3 is 2.67 bits per heavy atom. The molecule has 0 bridgehead atoms. The minimum Gasteiger partial charge on any atom is -0.295 e. The molecule has 1 nitrogen and oxygen atoms in total. The van der Waals surface area contributed by atoms with Gasteiger partial charge in [-0.25, -0.2) is 0 Å². The van der Waals surface area contributed by atoms with Crippen LogP contribution in [0, 0.1) is 0 Å². The maximum Gasteiger partial charge on any atom is 0.155 e. The van der Waals surface area contributed by atoms with Crippen LogP contribution in [0.3, 0.4) is 0 Å². The van der Waals surface area contributed by atoms with Crippen molar-refractivity contribution in [1.29, 1.82) is 0 Å². The van der Waals surface area contributed by atoms with Crippen molar-refractivity contribution < 1.29 is 4.79 Å². The van der Waals surface area contributed by atoms with Gasteiger partial charge in [-0.15, -0.1) is 11.3 Å². The van der Waals surface area contributed by atoms with Crippen LogP contribution in [-0.2, 0) is 4.79 Å². The lowest BCUT2D eigenvalue weighted by Crippen LogP contribution is -1.89. The molecule has 0 radical (unpaired) electrons. The van der Waals surface area contributed by atoms with Gasteiger partial charge in [0.05, 0.1) is 0 Å². The number of benzene rings is 1. The van der Waals surface area contributed by atoms with Gasteiger partial charge in [-0.05, 0) is 55.3 Å². The van der Waals surface area contributed by atoms with E-state index in [1.54, 1.807) is 18.3 Å². The number of carbonyl (C=O) groups is 1. The Hall–Kier alpha value is -1.19. The highest BCUT2D eigenvalue weighted by Crippen LogP contribution is 2.30. The summed E-state index contributed by atoms with van der Waals surface area (Å²) in [6.45, 7) is 3.44. The molecule has 0 amide bonds. The number of hydrogen-bond donors (Lipinski definition) is 0. The maximum atomic E-state index is 11.2. The molecule has 3 heteroatoms. The first-order valence-electron chi connectivity index (χ1n) is 5.61. The normalized spacial score (nSPS) is 11.6. The monoisotopic (exact) mass is 320 g/mol. The van der Waals surface area contributed by atoms with Gasteiger partial charge < -0.3 is 0 Å². The summed E-state index contributed by atoms with van der Waals surface area (Å²) in [6.07, 6.45) is 1.94. The van der Waals surface area contributed by atoms with Crippen LogP contribution in [0.15, 0.2) is 46.4 Å². The van der Waals surface area contributed by atoms with E-state index in [0.29, 0.717) is 0 Å². The third kappa shape index (κ3) is 3.18. The van der Waals surface area contributed by atoms with E-state index in [4.69, 9.17) is 0 Å². The van der Waals surface area contributed by atoms with Crippen molar-refractivity contribution in [1.82, 2.24) is 0 Å². The molecular weight excluding hydrogens is 308 g/mol. The van der Waals surface area contributed by atoms with Gasteiger partial charge in [-0.1, -0.05) is 28.1 Å². The fraction of sp³-hybridized carbons (Fsp3) is 0.133. The van der Waals surface area contributed by atoms with E-state index in [1.165, 1.54) is 10.4 Å². The summed E-state index contributed by atoms with van der Waals surface area (Å²) in [5.41, 5.74) is 1.98. The van der Waals surface area contributed by atoms with Gasteiger partial charge in [-0.2, -0.15) is 0 Å². The summed E-state index contributed by atoms with van der Waals surface area (Å²) in [5.74, 6) is 0.118. The van der Waals surface area contributed by atoms with Gasteiger partial charge in [0.2, 0.25) is 0 Å². The molecule has 0 unspecified atom stereocenters. The van der Waals surface area contributed by atoms with Crippen LogP contribution in [0.1, 0.15) is 18.7 Å². The van der Waals surface area contributed by atoms with E-state index in [1.807, 2.05) is 31.2 Å². The van der Waals surface area contributed by atoms with Crippen molar-refractivity contribution in [3.63, 3.8) is 0 Å². The Bertz CT molecular complexity index is 610. The zero-order chi connectivity index (χ0) is 13.1. The summed E-state index contributed by atoms with van der Waals surface area (Å²) in [7, 11) is 0. The number of rotatable bonds is 3. The molecule has 1 aromatic heterocycles. The number of Topliss-reactive ketones (excluding diaryl/α,β-unsaturated/α-hetero) is 1. The molecule has 2 aromatic rings. The molecule has 0 aliphatic rings. The molecule has 0 atom stereocenters. The average Bonchev–Trinajstić information content (AvgIpc) is 2.77. The van der Waals surface area contributed by atoms with E-state index < -0.39 is 0 Å². The van der Waals surface area contributed by atoms with E-state index in [2.05, 4.69) is 34.1 Å². The highest BCUT2D eigenvalue weighted by atomic mass is 79.9. The first kappa shape index (κ1) is 13.2. The van der Waals surface area contributed by atoms with Crippen LogP contribution < -0.4 is 0 Å². The number of ketones is 1. The first-order valence-corrected chi connectivity index (χ1v) is 7.22. The van der Waals surface area contributed by atoms with Crippen LogP contribution in [0.25, 0.3) is 16.5 Å². The Labute approximate surface area is 119 Å². The molecule has 0 aliphatic carbocycles. The van der Waals surface area contributed by atoms with Crippen LogP contribution in [0.5, 0.6) is 0 Å². The predicted octanol–water partition coefficient (Wildman–Crippen LogP) is 5.17. The smallest absolute Gasteiger partial charge is 0.155 e. The summed E-state index contributed by atoms with van der Waals surface area (Å²) in [6, 6.07) is 12.4. The Balaban J connectivity index is 2.31. The average molecular weight is 321 g/mol. The van der Waals surface area contributed by atoms with Gasteiger partial charge in [0.25, 0.3) is 0 Å². The fourth-order valence-corrected chi connectivity index (χ4v) is 2.95. The van der Waals surface area contributed by atoms with Crippen molar-refractivity contribution in [3.05, 3.63) is 51.3 Å². The van der Waals surface area contributed by atoms with E-state index in [0.717, 1.165) is 14.9 Å². The quantitative estimate of drug-likeness (QED) is 0.713. The van der Waals surface area contributed by atoms with Crippen LogP contribution in [0.2, 0.25) is 0 Å². The Morgan fingerprint density at radius 2 is 2.00 bits per heavy atom. The second kappa shape index (κ2) is 5.63. The molecule has 0 saturated heterocycles. The molecule has 0 N–H and O–H groups in total. The first-order chi connectivity index (χ1) is 8.56. The predicted molar refractivity (Wildman–Crippen MR) is 81.8 cm³/mol. The molecule has 92 valence electrons. The molecule has 0 aliphatic heterocycles. The van der Waals surface area contributed by atoms with Gasteiger partial charge in [0, 0.05) is 14.2 Å². The van der Waals surface area contributed by atoms with Gasteiger partial charge in [0.1, 0.15) is 0 Å². The molecule has 0 saturated carbocycles. The van der Waals surface area contributed by atoms with E-state index in [-0.39, 0.29) is 5.78 Å². The zero-order valence-electron chi connectivity index (χ0n) is 10.2. The Kier molecular flexibility index (Phi) is 4.15. The third-order valence-electron chi connectivity index (χ3n) is 2.65. The van der Waals surface area contributed by atoms with Gasteiger partial charge in [-0.3, -0.25) is 4.79 Å². The second-order valence-electron chi connectivity index (χ2n) is 4.10. The number of carbonyl (C=O) groups excluding carboxylic acids is 1. The minimum absolute atomic E-state index is 0.118. The Morgan fingerprint density at radius 1 is 1.22 bits per heavy atom. The number of hydrogen-bond acceptors (Lipinski definition) is 2. The van der Waals surface area contributed by atoms with Gasteiger partial charge >= 0.3 is 0 Å². The molecule has 0 fully saturated rings. The summed E-state index contributed by atoms with van der Waals surface area (Å²) >= 11 is 5.16. The van der Waals surface area contributed by atoms with Crippen molar-refractivity contribution >= 4 is 39.1 Å². The van der Waals surface area contributed by atoms with Crippen molar-refractivity contribution in [2.75, 3.05) is 0 Å². The highest BCUT2D eigenvalue weighted by Gasteiger charge is 2.03. The summed E-state index contributed by atoms with van der Waals surface area (Å²) in [5, 5.41) is 0. The molecule has 1 aromatic carbocycles. The number of thiophene rings is 1. The summed E-state index contributed by atoms with van der Waals surface area (Å²) < 4.78 is 1.07. The van der Waals surface area contributed by atoms with Crippen LogP contribution in [0.4, 0.5) is 0 Å². The molecular formula is C15H13BrOS. The fourth-order valence-electron chi connectivity index (χ4n) is 1.54. The molecule has 1 heterocycles. The highest BCUT2D eigenvalue weighted by molar-refractivity contribution is 9.10. The van der Waals surface area contributed by atoms with Crippen LogP contribution >= 0.6 is 27.3 Å². The van der Waals surface area contributed by atoms with Crippen molar-refractivity contribution in [3.8, 4) is 10.4 Å². The standard InChI is InChI=1S/C15H13BrOS/c1-10(11(2)17)8-14-6-7-15(18-14)12-4-3-5-13(16)9-12/h3-9H,1-2H3/b10-8+. The number of halogens is 1. The van der Waals surface area contributed by atoms with Crippen molar-refractivity contribution in [2.45, 2.75) is 13.8 Å². The lowest BCUT2D eigenvalue weighted by Gasteiger charge is -1.97. The topological polar surface area (TPSA) is 17.1 Å². The molecule has 0 spiro atoms. The van der Waals surface area contributed by atoms with E-state index in [9.17, 15) is 4.79 Å². The largest absolute Gasteiger partial charge is 0.295 e. The lowest BCUT2D eigenvalue weighted by molar-refractivity contribution is -0.113. The lowest BCUT2D eigenvalue weighted by atomic mass is 10.2. The molecule has 18 heavy (non-hydrogen) atoms. The summed E-state index contributed by atoms with van der Waals surface area (Å²) in [4.78, 5) is 13.5. The third-order valence-corrected chi connectivity index (χ3v) is 4.22. The second-order valence-corrected chi connectivity index (χ2v) is 6.13. The van der Waals surface area contributed by atoms with Crippen molar-refractivity contribution in [2.24, 2.45) is 0 Å². The SMILES string of the molecule is CC(=O)/C(C)=C/c1ccc(-c2cccc(Br)c2)s1. The number of allylic oxidation sites excluding steroid dienone is 1. The van der Waals surface area contributed by atoms with Gasteiger partial charge in [0.15, 0.2) is 5.78 Å². The maximum absolute atomic E-state index is 11.2. The van der Waals surface area contributed by atoms with E-state index >= 15 is 0 Å².